The van der Waals surface area contributed by atoms with Crippen molar-refractivity contribution in [1.82, 2.24) is 0 Å². The zero-order valence-electron chi connectivity index (χ0n) is 7.50. The minimum absolute atomic E-state index is 0.157. The minimum Gasteiger partial charge on any atom is -0.478 e. The van der Waals surface area contributed by atoms with E-state index in [2.05, 4.69) is 15.9 Å². The van der Waals surface area contributed by atoms with Crippen molar-refractivity contribution in [2.75, 3.05) is 0 Å². The predicted molar refractivity (Wildman–Crippen MR) is 58.6 cm³/mol. The average molecular weight is 269 g/mol. The summed E-state index contributed by atoms with van der Waals surface area (Å²) in [7, 11) is 0. The molecule has 4 heteroatoms. The van der Waals surface area contributed by atoms with Crippen LogP contribution in [0.1, 0.15) is 10.4 Å². The first-order chi connectivity index (χ1) is 7.09. The van der Waals surface area contributed by atoms with Gasteiger partial charge >= 0.3 is 5.97 Å². The highest BCUT2D eigenvalue weighted by Crippen LogP contribution is 2.25. The van der Waals surface area contributed by atoms with Gasteiger partial charge in [0.25, 0.3) is 0 Å². The summed E-state index contributed by atoms with van der Waals surface area (Å²) in [6, 6.07) is 7.55. The Morgan fingerprint density at radius 2 is 2.00 bits per heavy atom. The quantitative estimate of drug-likeness (QED) is 0.861. The van der Waals surface area contributed by atoms with Gasteiger partial charge in [-0.25, -0.2) is 9.18 Å². The Hall–Kier alpha value is -1.42. The number of benzene rings is 2. The van der Waals surface area contributed by atoms with E-state index in [1.165, 1.54) is 18.2 Å². The molecule has 0 saturated carbocycles. The number of carboxylic acids is 1. The van der Waals surface area contributed by atoms with Gasteiger partial charge < -0.3 is 5.11 Å². The third kappa shape index (κ3) is 1.72. The minimum atomic E-state index is -1.01. The van der Waals surface area contributed by atoms with Crippen LogP contribution in [0.15, 0.2) is 34.8 Å². The molecule has 0 spiro atoms. The molecule has 2 rings (SSSR count). The first-order valence-electron chi connectivity index (χ1n) is 4.20. The number of fused-ring (bicyclic) bond motifs is 1. The van der Waals surface area contributed by atoms with Crippen molar-refractivity contribution in [3.05, 3.63) is 46.2 Å². The second kappa shape index (κ2) is 3.62. The van der Waals surface area contributed by atoms with Crippen LogP contribution < -0.4 is 0 Å². The Labute approximate surface area is 93.5 Å². The monoisotopic (exact) mass is 268 g/mol. The number of rotatable bonds is 1. The van der Waals surface area contributed by atoms with Crippen LogP contribution in [0.25, 0.3) is 10.8 Å². The predicted octanol–water partition coefficient (Wildman–Crippen LogP) is 3.44. The van der Waals surface area contributed by atoms with Crippen LogP contribution in [0.4, 0.5) is 4.39 Å². The lowest BCUT2D eigenvalue weighted by atomic mass is 10.1. The van der Waals surface area contributed by atoms with Crippen molar-refractivity contribution in [2.24, 2.45) is 0 Å². The molecule has 2 nitrogen and oxygen atoms in total. The maximum atomic E-state index is 13.5. The van der Waals surface area contributed by atoms with Crippen LogP contribution in [-0.2, 0) is 0 Å². The normalized spacial score (nSPS) is 10.5. The fourth-order valence-electron chi connectivity index (χ4n) is 1.40. The summed E-state index contributed by atoms with van der Waals surface area (Å²) in [6.45, 7) is 0. The van der Waals surface area contributed by atoms with Crippen molar-refractivity contribution < 1.29 is 14.3 Å². The van der Waals surface area contributed by atoms with Crippen molar-refractivity contribution in [3.63, 3.8) is 0 Å². The lowest BCUT2D eigenvalue weighted by Crippen LogP contribution is -1.95. The number of halogens is 2. The fourth-order valence-corrected chi connectivity index (χ4v) is 1.74. The Kier molecular flexibility index (Phi) is 2.44. The van der Waals surface area contributed by atoms with Crippen LogP contribution >= 0.6 is 15.9 Å². The summed E-state index contributed by atoms with van der Waals surface area (Å²) in [5.74, 6) is -1.38. The highest BCUT2D eigenvalue weighted by Gasteiger charge is 2.08. The summed E-state index contributed by atoms with van der Waals surface area (Å²) in [5, 5.41) is 9.76. The van der Waals surface area contributed by atoms with E-state index in [0.29, 0.717) is 15.2 Å². The van der Waals surface area contributed by atoms with Gasteiger partial charge in [-0.3, -0.25) is 0 Å². The average Bonchev–Trinajstić information content (AvgIpc) is 2.23. The first-order valence-corrected chi connectivity index (χ1v) is 5.00. The molecule has 0 fully saturated rings. The molecule has 0 bridgehead atoms. The molecule has 0 aliphatic heterocycles. The second-order valence-corrected chi connectivity index (χ2v) is 3.96. The fraction of sp³-hybridized carbons (Fsp3) is 0. The summed E-state index contributed by atoms with van der Waals surface area (Å²) >= 11 is 3.07. The van der Waals surface area contributed by atoms with Gasteiger partial charge in [0.1, 0.15) is 5.82 Å². The maximum Gasteiger partial charge on any atom is 0.335 e. The van der Waals surface area contributed by atoms with Gasteiger partial charge in [-0.05, 0) is 39.5 Å². The summed E-state index contributed by atoms with van der Waals surface area (Å²) in [4.78, 5) is 10.7. The number of carboxylic acid groups (broad SMARTS) is 1. The van der Waals surface area contributed by atoms with Gasteiger partial charge in [0, 0.05) is 5.39 Å². The molecule has 0 unspecified atom stereocenters. The van der Waals surface area contributed by atoms with E-state index in [0.717, 1.165) is 0 Å². The maximum absolute atomic E-state index is 13.5. The smallest absolute Gasteiger partial charge is 0.335 e. The molecule has 0 amide bonds. The molecule has 0 aliphatic rings. The third-order valence-corrected chi connectivity index (χ3v) is 2.77. The Morgan fingerprint density at radius 1 is 1.27 bits per heavy atom. The van der Waals surface area contributed by atoms with E-state index in [1.807, 2.05) is 0 Å². The molecule has 0 aromatic heterocycles. The van der Waals surface area contributed by atoms with Crippen LogP contribution in [0.2, 0.25) is 0 Å². The molecular weight excluding hydrogens is 263 g/mol. The molecule has 0 saturated heterocycles. The SMILES string of the molecule is O=C(O)c1ccc2c(F)c(Br)ccc2c1. The van der Waals surface area contributed by atoms with Gasteiger partial charge in [-0.1, -0.05) is 12.1 Å². The standard InChI is InChI=1S/C11H6BrFO2/c12-9-4-2-6-5-7(11(14)15)1-3-8(6)10(9)13/h1-5H,(H,14,15). The largest absolute Gasteiger partial charge is 0.478 e. The second-order valence-electron chi connectivity index (χ2n) is 3.10. The summed E-state index contributed by atoms with van der Waals surface area (Å²) < 4.78 is 13.9. The topological polar surface area (TPSA) is 37.3 Å². The lowest BCUT2D eigenvalue weighted by molar-refractivity contribution is 0.0697. The van der Waals surface area contributed by atoms with Crippen LogP contribution in [0, 0.1) is 5.82 Å². The van der Waals surface area contributed by atoms with E-state index in [9.17, 15) is 9.18 Å². The Balaban J connectivity index is 2.75. The molecule has 2 aromatic rings. The highest BCUT2D eigenvalue weighted by molar-refractivity contribution is 9.10. The first kappa shape index (κ1) is 10.1. The number of hydrogen-bond acceptors (Lipinski definition) is 1. The van der Waals surface area contributed by atoms with Crippen molar-refractivity contribution >= 4 is 32.7 Å². The van der Waals surface area contributed by atoms with Crippen LogP contribution in [-0.4, -0.2) is 11.1 Å². The van der Waals surface area contributed by atoms with E-state index in [-0.39, 0.29) is 11.4 Å². The van der Waals surface area contributed by atoms with E-state index in [4.69, 9.17) is 5.11 Å². The van der Waals surface area contributed by atoms with E-state index < -0.39 is 5.97 Å². The van der Waals surface area contributed by atoms with Gasteiger partial charge in [-0.2, -0.15) is 0 Å². The van der Waals surface area contributed by atoms with Crippen molar-refractivity contribution in [3.8, 4) is 0 Å². The molecule has 0 atom stereocenters. The molecule has 1 N–H and O–H groups in total. The molecule has 0 heterocycles. The molecule has 76 valence electrons. The van der Waals surface area contributed by atoms with Crippen molar-refractivity contribution in [2.45, 2.75) is 0 Å². The van der Waals surface area contributed by atoms with Crippen molar-refractivity contribution in [1.29, 1.82) is 0 Å². The van der Waals surface area contributed by atoms with Gasteiger partial charge in [0.05, 0.1) is 10.0 Å². The lowest BCUT2D eigenvalue weighted by Gasteiger charge is -2.02. The molecule has 0 aliphatic carbocycles. The Bertz CT molecular complexity index is 552. The number of aromatic carboxylic acids is 1. The number of hydrogen-bond donors (Lipinski definition) is 1. The zero-order chi connectivity index (χ0) is 11.0. The van der Waals surface area contributed by atoms with Crippen LogP contribution in [0.5, 0.6) is 0 Å². The zero-order valence-corrected chi connectivity index (χ0v) is 9.08. The number of carbonyl (C=O) groups is 1. The van der Waals surface area contributed by atoms with Crippen LogP contribution in [0.3, 0.4) is 0 Å². The molecular formula is C11H6BrFO2. The van der Waals surface area contributed by atoms with Gasteiger partial charge in [0.2, 0.25) is 0 Å². The van der Waals surface area contributed by atoms with Gasteiger partial charge in [-0.15, -0.1) is 0 Å². The third-order valence-electron chi connectivity index (χ3n) is 2.15. The molecule has 15 heavy (non-hydrogen) atoms. The van der Waals surface area contributed by atoms with E-state index in [1.54, 1.807) is 12.1 Å². The van der Waals surface area contributed by atoms with Gasteiger partial charge in [0.15, 0.2) is 0 Å². The van der Waals surface area contributed by atoms with E-state index >= 15 is 0 Å². The Morgan fingerprint density at radius 3 is 2.67 bits per heavy atom. The summed E-state index contributed by atoms with van der Waals surface area (Å²) in [6.07, 6.45) is 0. The molecule has 0 radical (unpaired) electrons. The highest BCUT2D eigenvalue weighted by atomic mass is 79.9. The summed E-state index contributed by atoms with van der Waals surface area (Å²) in [5.41, 5.74) is 0.157. The molecule has 2 aromatic carbocycles.